The molecule has 2 aromatic carbocycles. The van der Waals surface area contributed by atoms with Gasteiger partial charge in [0.1, 0.15) is 5.75 Å². The van der Waals surface area contributed by atoms with Crippen LogP contribution in [0.1, 0.15) is 44.6 Å². The van der Waals surface area contributed by atoms with E-state index in [2.05, 4.69) is 60.4 Å². The molecule has 0 spiro atoms. The Morgan fingerprint density at radius 1 is 0.778 bits per heavy atom. The second-order valence-corrected chi connectivity index (χ2v) is 9.01. The molecule has 4 aliphatic rings. The third-order valence-electron chi connectivity index (χ3n) is 7.45. The molecule has 2 aromatic rings. The summed E-state index contributed by atoms with van der Waals surface area (Å²) in [5.41, 5.74) is 4.09. The highest BCUT2D eigenvalue weighted by Crippen LogP contribution is 2.56. The van der Waals surface area contributed by atoms with E-state index >= 15 is 0 Å². The highest BCUT2D eigenvalue weighted by atomic mass is 16.5. The Hall–Kier alpha value is -1.96. The van der Waals surface area contributed by atoms with Crippen LogP contribution in [0.25, 0.3) is 0 Å². The minimum absolute atomic E-state index is 0.652. The van der Waals surface area contributed by atoms with Crippen molar-refractivity contribution >= 4 is 11.4 Å². The van der Waals surface area contributed by atoms with Gasteiger partial charge in [-0.1, -0.05) is 19.1 Å². The van der Waals surface area contributed by atoms with E-state index in [-0.39, 0.29) is 0 Å². The van der Waals surface area contributed by atoms with Gasteiger partial charge in [0.25, 0.3) is 0 Å². The Bertz CT molecular complexity index is 703. The molecule has 4 bridgehead atoms. The van der Waals surface area contributed by atoms with Gasteiger partial charge in [0.05, 0.1) is 7.11 Å². The van der Waals surface area contributed by atoms with E-state index < -0.39 is 0 Å². The van der Waals surface area contributed by atoms with Gasteiger partial charge < -0.3 is 9.64 Å². The summed E-state index contributed by atoms with van der Waals surface area (Å²) in [6, 6.07) is 18.7. The summed E-state index contributed by atoms with van der Waals surface area (Å²) in [6.07, 6.45) is 8.37. The molecule has 0 aromatic heterocycles. The lowest BCUT2D eigenvalue weighted by molar-refractivity contribution is 0.000529. The van der Waals surface area contributed by atoms with Crippen molar-refractivity contribution in [3.05, 3.63) is 54.1 Å². The van der Waals surface area contributed by atoms with Crippen LogP contribution < -0.4 is 9.64 Å². The summed E-state index contributed by atoms with van der Waals surface area (Å²) >= 11 is 0. The lowest BCUT2D eigenvalue weighted by Gasteiger charge is -2.57. The second-order valence-electron chi connectivity index (χ2n) is 9.01. The number of methoxy groups -OCH3 is 1. The minimum Gasteiger partial charge on any atom is -0.497 e. The van der Waals surface area contributed by atoms with E-state index in [4.69, 9.17) is 4.74 Å². The molecule has 0 atom stereocenters. The first kappa shape index (κ1) is 17.2. The molecule has 6 rings (SSSR count). The predicted octanol–water partition coefficient (Wildman–Crippen LogP) is 6.22. The van der Waals surface area contributed by atoms with Crippen LogP contribution in [0.15, 0.2) is 48.5 Å². The van der Waals surface area contributed by atoms with Gasteiger partial charge in [-0.3, -0.25) is 0 Å². The third kappa shape index (κ3) is 3.03. The molecule has 0 saturated heterocycles. The maximum absolute atomic E-state index is 5.41. The molecule has 2 heteroatoms. The van der Waals surface area contributed by atoms with Crippen molar-refractivity contribution in [2.45, 2.75) is 51.5 Å². The molecule has 0 amide bonds. The van der Waals surface area contributed by atoms with Crippen molar-refractivity contribution in [2.24, 2.45) is 23.7 Å². The van der Waals surface area contributed by atoms with Gasteiger partial charge in [-0.25, -0.2) is 0 Å². The molecule has 0 heterocycles. The van der Waals surface area contributed by atoms with Crippen LogP contribution in [0, 0.1) is 23.7 Å². The minimum atomic E-state index is 0.652. The van der Waals surface area contributed by atoms with Crippen LogP contribution in [0.5, 0.6) is 5.75 Å². The highest BCUT2D eigenvalue weighted by Gasteiger charge is 2.50. The Kier molecular flexibility index (Phi) is 4.38. The normalized spacial score (nSPS) is 31.1. The summed E-state index contributed by atoms with van der Waals surface area (Å²) in [7, 11) is 1.74. The van der Waals surface area contributed by atoms with Gasteiger partial charge >= 0.3 is 0 Å². The average molecular weight is 362 g/mol. The second kappa shape index (κ2) is 6.89. The first-order valence-corrected chi connectivity index (χ1v) is 10.8. The topological polar surface area (TPSA) is 12.5 Å². The number of ether oxygens (including phenoxy) is 1. The lowest BCUT2D eigenvalue weighted by atomic mass is 9.53. The molecule has 27 heavy (non-hydrogen) atoms. The number of hydrogen-bond acceptors (Lipinski definition) is 2. The summed E-state index contributed by atoms with van der Waals surface area (Å²) < 4.78 is 5.41. The molecule has 2 nitrogen and oxygen atoms in total. The molecular formula is C25H31NO. The molecule has 0 aliphatic heterocycles. The van der Waals surface area contributed by atoms with E-state index in [9.17, 15) is 0 Å². The Balaban J connectivity index is 1.54. The maximum Gasteiger partial charge on any atom is 0.119 e. The van der Waals surface area contributed by atoms with E-state index in [1.165, 1.54) is 49.0 Å². The van der Waals surface area contributed by atoms with Gasteiger partial charge in [-0.05, 0) is 104 Å². The van der Waals surface area contributed by atoms with Crippen molar-refractivity contribution in [3.8, 4) is 5.75 Å². The zero-order valence-electron chi connectivity index (χ0n) is 16.6. The molecule has 4 aliphatic carbocycles. The third-order valence-corrected chi connectivity index (χ3v) is 7.45. The molecule has 142 valence electrons. The van der Waals surface area contributed by atoms with E-state index in [0.717, 1.165) is 35.8 Å². The number of nitrogens with zero attached hydrogens (tertiary/aromatic N) is 1. The van der Waals surface area contributed by atoms with Crippen molar-refractivity contribution in [2.75, 3.05) is 12.0 Å². The molecule has 0 unspecified atom stereocenters. The highest BCUT2D eigenvalue weighted by molar-refractivity contribution is 5.65. The van der Waals surface area contributed by atoms with Gasteiger partial charge in [-0.15, -0.1) is 0 Å². The van der Waals surface area contributed by atoms with Gasteiger partial charge in [0.15, 0.2) is 0 Å². The van der Waals surface area contributed by atoms with Crippen molar-refractivity contribution < 1.29 is 4.74 Å². The summed E-state index contributed by atoms with van der Waals surface area (Å²) in [4.78, 5) is 2.67. The summed E-state index contributed by atoms with van der Waals surface area (Å²) in [5.74, 6) is 4.65. The first-order chi connectivity index (χ1) is 13.2. The lowest BCUT2D eigenvalue weighted by Crippen LogP contribution is -2.54. The van der Waals surface area contributed by atoms with Gasteiger partial charge in [-0.2, -0.15) is 0 Å². The molecular weight excluding hydrogens is 330 g/mol. The molecule has 0 radical (unpaired) electrons. The fraction of sp³-hybridized carbons (Fsp3) is 0.520. The number of aryl methyl sites for hydroxylation is 1. The van der Waals surface area contributed by atoms with Crippen LogP contribution in [-0.2, 0) is 6.42 Å². The quantitative estimate of drug-likeness (QED) is 0.627. The molecule has 0 N–H and O–H groups in total. The SMILES string of the molecule is CCc1ccc(N(c2ccc(OC)cc2)C2C3CC4CC(C3)CC2C4)cc1. The van der Waals surface area contributed by atoms with Crippen LogP contribution in [-0.4, -0.2) is 13.2 Å². The Morgan fingerprint density at radius 3 is 1.78 bits per heavy atom. The monoisotopic (exact) mass is 361 g/mol. The van der Waals surface area contributed by atoms with Gasteiger partial charge in [0, 0.05) is 17.4 Å². The molecule has 4 fully saturated rings. The average Bonchev–Trinajstić information content (AvgIpc) is 2.70. The largest absolute Gasteiger partial charge is 0.497 e. The molecule has 4 saturated carbocycles. The van der Waals surface area contributed by atoms with Crippen LogP contribution in [0.2, 0.25) is 0 Å². The zero-order chi connectivity index (χ0) is 18.4. The van der Waals surface area contributed by atoms with Gasteiger partial charge in [0.2, 0.25) is 0 Å². The van der Waals surface area contributed by atoms with Crippen molar-refractivity contribution in [3.63, 3.8) is 0 Å². The number of hydrogen-bond donors (Lipinski definition) is 0. The standard InChI is InChI=1S/C25H31NO/c1-3-17-4-6-22(7-5-17)26(23-8-10-24(27-2)11-9-23)25-20-13-18-12-19(15-20)16-21(25)14-18/h4-11,18-21,25H,3,12-16H2,1-2H3. The fourth-order valence-electron chi connectivity index (χ4n) is 6.45. The van der Waals surface area contributed by atoms with E-state index in [1.54, 1.807) is 7.11 Å². The van der Waals surface area contributed by atoms with Crippen molar-refractivity contribution in [1.29, 1.82) is 0 Å². The summed E-state index contributed by atoms with van der Waals surface area (Å²) in [6.45, 7) is 2.23. The fourth-order valence-corrected chi connectivity index (χ4v) is 6.45. The zero-order valence-corrected chi connectivity index (χ0v) is 16.6. The number of rotatable bonds is 5. The predicted molar refractivity (Wildman–Crippen MR) is 112 cm³/mol. The maximum atomic E-state index is 5.41. The van der Waals surface area contributed by atoms with Crippen LogP contribution >= 0.6 is 0 Å². The van der Waals surface area contributed by atoms with E-state index in [1.807, 2.05) is 0 Å². The van der Waals surface area contributed by atoms with Crippen LogP contribution in [0.3, 0.4) is 0 Å². The van der Waals surface area contributed by atoms with Crippen molar-refractivity contribution in [1.82, 2.24) is 0 Å². The Morgan fingerprint density at radius 2 is 1.30 bits per heavy atom. The summed E-state index contributed by atoms with van der Waals surface area (Å²) in [5, 5.41) is 0. The van der Waals surface area contributed by atoms with Crippen LogP contribution in [0.4, 0.5) is 11.4 Å². The Labute approximate surface area is 163 Å². The first-order valence-electron chi connectivity index (χ1n) is 10.8. The number of anilines is 2. The smallest absolute Gasteiger partial charge is 0.119 e. The van der Waals surface area contributed by atoms with E-state index in [0.29, 0.717) is 6.04 Å². The number of benzene rings is 2.